The lowest BCUT2D eigenvalue weighted by Gasteiger charge is -2.27. The predicted octanol–water partition coefficient (Wildman–Crippen LogP) is 4.46. The van der Waals surface area contributed by atoms with Crippen molar-refractivity contribution in [3.63, 3.8) is 0 Å². The summed E-state index contributed by atoms with van der Waals surface area (Å²) in [5.41, 5.74) is 2.10. The van der Waals surface area contributed by atoms with Crippen molar-refractivity contribution in [1.29, 1.82) is 0 Å². The quantitative estimate of drug-likeness (QED) is 0.862. The molecule has 0 aliphatic rings. The first kappa shape index (κ1) is 17.4. The lowest BCUT2D eigenvalue weighted by Crippen LogP contribution is -2.42. The standard InChI is InChI=1S/C19H23ClN2O/c1-19(2,16-9-11-17(20)12-10-16)14-21-18(23)22(3)13-15-7-5-4-6-8-15/h4-12H,13-14H2,1-3H3,(H,21,23). The first-order valence-electron chi connectivity index (χ1n) is 7.67. The van der Waals surface area contributed by atoms with E-state index in [9.17, 15) is 4.79 Å². The number of rotatable bonds is 5. The molecule has 0 saturated heterocycles. The lowest BCUT2D eigenvalue weighted by molar-refractivity contribution is 0.204. The largest absolute Gasteiger partial charge is 0.337 e. The normalized spacial score (nSPS) is 11.1. The summed E-state index contributed by atoms with van der Waals surface area (Å²) in [6.45, 7) is 5.36. The SMILES string of the molecule is CN(Cc1ccccc1)C(=O)NCC(C)(C)c1ccc(Cl)cc1. The topological polar surface area (TPSA) is 32.3 Å². The second-order valence-corrected chi connectivity index (χ2v) is 6.83. The summed E-state index contributed by atoms with van der Waals surface area (Å²) < 4.78 is 0. The van der Waals surface area contributed by atoms with E-state index in [4.69, 9.17) is 11.6 Å². The number of halogens is 1. The highest BCUT2D eigenvalue weighted by atomic mass is 35.5. The Kier molecular flexibility index (Phi) is 5.67. The molecule has 0 saturated carbocycles. The molecule has 0 unspecified atom stereocenters. The maximum absolute atomic E-state index is 12.3. The summed E-state index contributed by atoms with van der Waals surface area (Å²) in [5.74, 6) is 0. The van der Waals surface area contributed by atoms with E-state index in [-0.39, 0.29) is 11.4 Å². The highest BCUT2D eigenvalue weighted by molar-refractivity contribution is 6.30. The Balaban J connectivity index is 1.91. The molecule has 0 radical (unpaired) electrons. The highest BCUT2D eigenvalue weighted by Crippen LogP contribution is 2.23. The fourth-order valence-electron chi connectivity index (χ4n) is 2.36. The first-order chi connectivity index (χ1) is 10.9. The van der Waals surface area contributed by atoms with Crippen LogP contribution in [0.4, 0.5) is 4.79 Å². The number of urea groups is 1. The highest BCUT2D eigenvalue weighted by Gasteiger charge is 2.22. The van der Waals surface area contributed by atoms with Crippen LogP contribution >= 0.6 is 11.6 Å². The van der Waals surface area contributed by atoms with E-state index in [0.29, 0.717) is 13.1 Å². The Bertz CT molecular complexity index is 638. The summed E-state index contributed by atoms with van der Waals surface area (Å²) >= 11 is 5.93. The Hall–Kier alpha value is -2.00. The van der Waals surface area contributed by atoms with E-state index in [1.807, 2.05) is 54.6 Å². The van der Waals surface area contributed by atoms with Gasteiger partial charge in [-0.3, -0.25) is 0 Å². The van der Waals surface area contributed by atoms with Gasteiger partial charge in [0, 0.05) is 30.6 Å². The van der Waals surface area contributed by atoms with E-state index < -0.39 is 0 Å². The number of benzene rings is 2. The number of hydrogen-bond acceptors (Lipinski definition) is 1. The molecule has 122 valence electrons. The second-order valence-electron chi connectivity index (χ2n) is 6.39. The minimum absolute atomic E-state index is 0.0732. The summed E-state index contributed by atoms with van der Waals surface area (Å²) in [7, 11) is 1.80. The van der Waals surface area contributed by atoms with Gasteiger partial charge in [0.15, 0.2) is 0 Å². The van der Waals surface area contributed by atoms with Crippen LogP contribution in [0.5, 0.6) is 0 Å². The molecule has 0 heterocycles. The van der Waals surface area contributed by atoms with Crippen molar-refractivity contribution in [1.82, 2.24) is 10.2 Å². The van der Waals surface area contributed by atoms with Gasteiger partial charge in [-0.2, -0.15) is 0 Å². The smallest absolute Gasteiger partial charge is 0.317 e. The number of hydrogen-bond donors (Lipinski definition) is 1. The van der Waals surface area contributed by atoms with Gasteiger partial charge in [-0.05, 0) is 23.3 Å². The van der Waals surface area contributed by atoms with Crippen LogP contribution < -0.4 is 5.32 Å². The van der Waals surface area contributed by atoms with Gasteiger partial charge in [0.2, 0.25) is 0 Å². The number of carbonyl (C=O) groups is 1. The van der Waals surface area contributed by atoms with Crippen molar-refractivity contribution in [3.8, 4) is 0 Å². The Morgan fingerprint density at radius 2 is 1.70 bits per heavy atom. The zero-order valence-corrected chi connectivity index (χ0v) is 14.6. The fraction of sp³-hybridized carbons (Fsp3) is 0.316. The zero-order chi connectivity index (χ0) is 16.9. The van der Waals surface area contributed by atoms with Gasteiger partial charge in [-0.15, -0.1) is 0 Å². The molecule has 0 bridgehead atoms. The molecule has 0 fully saturated rings. The summed E-state index contributed by atoms with van der Waals surface area (Å²) in [6, 6.07) is 17.6. The van der Waals surface area contributed by atoms with Gasteiger partial charge in [0.25, 0.3) is 0 Å². The molecule has 1 N–H and O–H groups in total. The van der Waals surface area contributed by atoms with E-state index in [1.165, 1.54) is 0 Å². The molecule has 0 spiro atoms. The van der Waals surface area contributed by atoms with E-state index in [0.717, 1.165) is 16.1 Å². The van der Waals surface area contributed by atoms with Crippen molar-refractivity contribution in [2.45, 2.75) is 25.8 Å². The Labute approximate surface area is 143 Å². The molecule has 2 aromatic carbocycles. The van der Waals surface area contributed by atoms with Crippen molar-refractivity contribution >= 4 is 17.6 Å². The van der Waals surface area contributed by atoms with Crippen LogP contribution in [-0.2, 0) is 12.0 Å². The third kappa shape index (κ3) is 5.00. The van der Waals surface area contributed by atoms with Gasteiger partial charge in [-0.1, -0.05) is 67.9 Å². The Morgan fingerprint density at radius 3 is 2.30 bits per heavy atom. The average molecular weight is 331 g/mol. The number of carbonyl (C=O) groups excluding carboxylic acids is 1. The van der Waals surface area contributed by atoms with Gasteiger partial charge in [0.1, 0.15) is 0 Å². The number of nitrogens with one attached hydrogen (secondary N) is 1. The minimum atomic E-state index is -0.159. The molecular weight excluding hydrogens is 308 g/mol. The van der Waals surface area contributed by atoms with Crippen LogP contribution in [0.3, 0.4) is 0 Å². The number of amides is 2. The lowest BCUT2D eigenvalue weighted by atomic mass is 9.85. The molecule has 4 heteroatoms. The van der Waals surface area contributed by atoms with Crippen molar-refractivity contribution in [3.05, 3.63) is 70.7 Å². The first-order valence-corrected chi connectivity index (χ1v) is 8.05. The van der Waals surface area contributed by atoms with Crippen LogP contribution in [0.15, 0.2) is 54.6 Å². The predicted molar refractivity (Wildman–Crippen MR) is 95.8 cm³/mol. The molecule has 23 heavy (non-hydrogen) atoms. The Morgan fingerprint density at radius 1 is 1.09 bits per heavy atom. The average Bonchev–Trinajstić information content (AvgIpc) is 2.54. The van der Waals surface area contributed by atoms with Crippen LogP contribution in [-0.4, -0.2) is 24.5 Å². The van der Waals surface area contributed by atoms with Gasteiger partial charge in [0.05, 0.1) is 0 Å². The van der Waals surface area contributed by atoms with Gasteiger partial charge < -0.3 is 10.2 Å². The summed E-state index contributed by atoms with van der Waals surface area (Å²) in [5, 5.41) is 3.73. The van der Waals surface area contributed by atoms with Gasteiger partial charge >= 0.3 is 6.03 Å². The summed E-state index contributed by atoms with van der Waals surface area (Å²) in [4.78, 5) is 14.0. The molecular formula is C19H23ClN2O. The van der Waals surface area contributed by atoms with Crippen molar-refractivity contribution in [2.75, 3.05) is 13.6 Å². The van der Waals surface area contributed by atoms with Crippen LogP contribution in [0.25, 0.3) is 0 Å². The molecule has 2 rings (SSSR count). The molecule has 0 aliphatic carbocycles. The second kappa shape index (κ2) is 7.51. The van der Waals surface area contributed by atoms with E-state index >= 15 is 0 Å². The van der Waals surface area contributed by atoms with Crippen LogP contribution in [0.1, 0.15) is 25.0 Å². The molecule has 0 aromatic heterocycles. The summed E-state index contributed by atoms with van der Waals surface area (Å²) in [6.07, 6.45) is 0. The van der Waals surface area contributed by atoms with E-state index in [1.54, 1.807) is 11.9 Å². The molecule has 3 nitrogen and oxygen atoms in total. The third-order valence-electron chi connectivity index (χ3n) is 3.92. The third-order valence-corrected chi connectivity index (χ3v) is 4.17. The van der Waals surface area contributed by atoms with Crippen LogP contribution in [0, 0.1) is 0 Å². The van der Waals surface area contributed by atoms with Gasteiger partial charge in [-0.25, -0.2) is 4.79 Å². The molecule has 2 aromatic rings. The molecule has 2 amide bonds. The zero-order valence-electron chi connectivity index (χ0n) is 13.8. The molecule has 0 atom stereocenters. The van der Waals surface area contributed by atoms with E-state index in [2.05, 4.69) is 19.2 Å². The monoisotopic (exact) mass is 330 g/mol. The fourth-order valence-corrected chi connectivity index (χ4v) is 2.49. The van der Waals surface area contributed by atoms with Crippen molar-refractivity contribution in [2.24, 2.45) is 0 Å². The number of nitrogens with zero attached hydrogens (tertiary/aromatic N) is 1. The molecule has 0 aliphatic heterocycles. The minimum Gasteiger partial charge on any atom is -0.337 e. The maximum atomic E-state index is 12.3. The van der Waals surface area contributed by atoms with Crippen molar-refractivity contribution < 1.29 is 4.79 Å². The maximum Gasteiger partial charge on any atom is 0.317 e. The van der Waals surface area contributed by atoms with Crippen LogP contribution in [0.2, 0.25) is 5.02 Å².